The Balaban J connectivity index is 2.07. The Morgan fingerprint density at radius 1 is 1.50 bits per heavy atom. The fraction of sp³-hybridized carbons (Fsp3) is 0.308. The minimum Gasteiger partial charge on any atom is -0.486 e. The van der Waals surface area contributed by atoms with Gasteiger partial charge in [0.15, 0.2) is 0 Å². The lowest BCUT2D eigenvalue weighted by atomic mass is 10.1. The zero-order valence-electron chi connectivity index (χ0n) is 10.3. The number of rotatable bonds is 4. The second-order valence-corrected chi connectivity index (χ2v) is 4.10. The van der Waals surface area contributed by atoms with Crippen molar-refractivity contribution in [2.24, 2.45) is 7.05 Å². The van der Waals surface area contributed by atoms with Crippen molar-refractivity contribution >= 4 is 0 Å². The molecule has 0 radical (unpaired) electrons. The van der Waals surface area contributed by atoms with E-state index < -0.39 is 11.9 Å². The van der Waals surface area contributed by atoms with Crippen molar-refractivity contribution in [1.29, 1.82) is 0 Å². The lowest BCUT2D eigenvalue weighted by Gasteiger charge is -2.09. The zero-order chi connectivity index (χ0) is 13.1. The highest BCUT2D eigenvalue weighted by atomic mass is 19.1. The first-order valence-corrected chi connectivity index (χ1v) is 5.64. The molecule has 1 N–H and O–H groups in total. The summed E-state index contributed by atoms with van der Waals surface area (Å²) in [6.45, 7) is 1.80. The number of halogens is 1. The summed E-state index contributed by atoms with van der Waals surface area (Å²) in [5, 5.41) is 9.32. The molecule has 0 fully saturated rings. The molecular formula is C13H15FN2O2. The summed E-state index contributed by atoms with van der Waals surface area (Å²) in [5.41, 5.74) is 0.263. The molecule has 2 rings (SSSR count). The van der Waals surface area contributed by atoms with Crippen LogP contribution in [0.25, 0.3) is 0 Å². The summed E-state index contributed by atoms with van der Waals surface area (Å²) in [6.07, 6.45) is 2.67. The van der Waals surface area contributed by atoms with Crippen molar-refractivity contribution in [2.75, 3.05) is 0 Å². The third kappa shape index (κ3) is 2.68. The molecule has 1 aromatic carbocycles. The average molecular weight is 250 g/mol. The maximum Gasteiger partial charge on any atom is 0.146 e. The van der Waals surface area contributed by atoms with E-state index in [0.717, 1.165) is 5.82 Å². The van der Waals surface area contributed by atoms with Crippen LogP contribution in [0.3, 0.4) is 0 Å². The predicted octanol–water partition coefficient (Wildman–Crippen LogP) is 2.19. The van der Waals surface area contributed by atoms with E-state index in [2.05, 4.69) is 4.98 Å². The highest BCUT2D eigenvalue weighted by molar-refractivity contribution is 5.30. The van der Waals surface area contributed by atoms with Crippen LogP contribution < -0.4 is 4.74 Å². The molecule has 0 aliphatic rings. The monoisotopic (exact) mass is 250 g/mol. The number of aromatic nitrogens is 2. The van der Waals surface area contributed by atoms with Gasteiger partial charge in [-0.05, 0) is 19.1 Å². The molecule has 2 aromatic rings. The Kier molecular flexibility index (Phi) is 3.62. The molecule has 0 bridgehead atoms. The first-order valence-electron chi connectivity index (χ1n) is 5.64. The zero-order valence-corrected chi connectivity index (χ0v) is 10.3. The van der Waals surface area contributed by atoms with Gasteiger partial charge in [0.2, 0.25) is 0 Å². The number of hydrogen-bond acceptors (Lipinski definition) is 3. The van der Waals surface area contributed by atoms with Crippen molar-refractivity contribution in [2.45, 2.75) is 19.6 Å². The number of nitrogens with zero attached hydrogens (tertiary/aromatic N) is 2. The Morgan fingerprint density at radius 2 is 2.28 bits per heavy atom. The molecule has 0 aliphatic carbocycles. The first kappa shape index (κ1) is 12.6. The number of hydrogen-bond donors (Lipinski definition) is 1. The number of aliphatic hydroxyl groups is 1. The standard InChI is InChI=1S/C13H15FN2O2/c1-9(17)11-4-3-10(7-12(11)14)18-8-13-15-5-6-16(13)2/h3-7,9,17H,8H2,1-2H3. The second-order valence-electron chi connectivity index (χ2n) is 4.10. The predicted molar refractivity (Wildman–Crippen MR) is 64.6 cm³/mol. The molecule has 1 heterocycles. The van der Waals surface area contributed by atoms with Crippen LogP contribution in [0.5, 0.6) is 5.75 Å². The lowest BCUT2D eigenvalue weighted by molar-refractivity contribution is 0.193. The number of aliphatic hydroxyl groups excluding tert-OH is 1. The molecule has 5 heteroatoms. The maximum absolute atomic E-state index is 13.6. The van der Waals surface area contributed by atoms with Gasteiger partial charge in [-0.2, -0.15) is 0 Å². The molecular weight excluding hydrogens is 235 g/mol. The second kappa shape index (κ2) is 5.18. The van der Waals surface area contributed by atoms with Crippen LogP contribution in [-0.4, -0.2) is 14.7 Å². The molecule has 1 atom stereocenters. The third-order valence-electron chi connectivity index (χ3n) is 2.71. The van der Waals surface area contributed by atoms with E-state index in [4.69, 9.17) is 4.74 Å². The van der Waals surface area contributed by atoms with Crippen LogP contribution >= 0.6 is 0 Å². The fourth-order valence-electron chi connectivity index (χ4n) is 1.62. The number of ether oxygens (including phenoxy) is 1. The van der Waals surface area contributed by atoms with Crippen LogP contribution in [0.15, 0.2) is 30.6 Å². The van der Waals surface area contributed by atoms with Crippen LogP contribution in [0, 0.1) is 5.82 Å². The normalized spacial score (nSPS) is 12.4. The van der Waals surface area contributed by atoms with Crippen molar-refractivity contribution in [1.82, 2.24) is 9.55 Å². The largest absolute Gasteiger partial charge is 0.486 e. The van der Waals surface area contributed by atoms with Gasteiger partial charge >= 0.3 is 0 Å². The van der Waals surface area contributed by atoms with Crippen molar-refractivity contribution < 1.29 is 14.2 Å². The number of aryl methyl sites for hydroxylation is 1. The van der Waals surface area contributed by atoms with Crippen molar-refractivity contribution in [3.05, 3.63) is 47.8 Å². The van der Waals surface area contributed by atoms with Crippen LogP contribution in [0.4, 0.5) is 4.39 Å². The van der Waals surface area contributed by atoms with Gasteiger partial charge in [0.05, 0.1) is 6.10 Å². The molecule has 0 saturated heterocycles. The lowest BCUT2D eigenvalue weighted by Crippen LogP contribution is -2.04. The molecule has 0 amide bonds. The summed E-state index contributed by atoms with van der Waals surface area (Å²) in [6, 6.07) is 4.42. The van der Waals surface area contributed by atoms with Gasteiger partial charge < -0.3 is 14.4 Å². The van der Waals surface area contributed by atoms with Crippen LogP contribution in [-0.2, 0) is 13.7 Å². The van der Waals surface area contributed by atoms with Crippen LogP contribution in [0.2, 0.25) is 0 Å². The minimum absolute atomic E-state index is 0.263. The number of imidazole rings is 1. The molecule has 0 spiro atoms. The molecule has 1 aromatic heterocycles. The summed E-state index contributed by atoms with van der Waals surface area (Å²) in [7, 11) is 1.86. The van der Waals surface area contributed by atoms with Gasteiger partial charge in [-0.25, -0.2) is 9.37 Å². The van der Waals surface area contributed by atoms with E-state index in [1.807, 2.05) is 17.8 Å². The maximum atomic E-state index is 13.6. The fourth-order valence-corrected chi connectivity index (χ4v) is 1.62. The van der Waals surface area contributed by atoms with E-state index >= 15 is 0 Å². The van der Waals surface area contributed by atoms with E-state index in [9.17, 15) is 9.50 Å². The average Bonchev–Trinajstić information content (AvgIpc) is 2.72. The molecule has 18 heavy (non-hydrogen) atoms. The Bertz CT molecular complexity index is 538. The van der Waals surface area contributed by atoms with Gasteiger partial charge in [-0.15, -0.1) is 0 Å². The van der Waals surface area contributed by atoms with Crippen LogP contribution in [0.1, 0.15) is 24.4 Å². The summed E-state index contributed by atoms with van der Waals surface area (Å²) in [5.74, 6) is 0.706. The Labute approximate surface area is 105 Å². The topological polar surface area (TPSA) is 47.3 Å². The van der Waals surface area contributed by atoms with E-state index in [-0.39, 0.29) is 12.2 Å². The summed E-state index contributed by atoms with van der Waals surface area (Å²) in [4.78, 5) is 4.10. The van der Waals surface area contributed by atoms with Gasteiger partial charge in [-0.1, -0.05) is 0 Å². The first-order chi connectivity index (χ1) is 8.58. The van der Waals surface area contributed by atoms with E-state index in [1.165, 1.54) is 19.1 Å². The smallest absolute Gasteiger partial charge is 0.146 e. The SMILES string of the molecule is CC(O)c1ccc(OCc2nccn2C)cc1F. The van der Waals surface area contributed by atoms with E-state index in [0.29, 0.717) is 5.75 Å². The molecule has 0 saturated carbocycles. The molecule has 96 valence electrons. The van der Waals surface area contributed by atoms with Crippen molar-refractivity contribution in [3.63, 3.8) is 0 Å². The number of benzene rings is 1. The summed E-state index contributed by atoms with van der Waals surface area (Å²) >= 11 is 0. The van der Waals surface area contributed by atoms with E-state index in [1.54, 1.807) is 12.3 Å². The third-order valence-corrected chi connectivity index (χ3v) is 2.71. The minimum atomic E-state index is -0.825. The summed E-state index contributed by atoms with van der Waals surface area (Å²) < 4.78 is 20.9. The molecule has 1 unspecified atom stereocenters. The van der Waals surface area contributed by atoms with Gasteiger partial charge in [0.1, 0.15) is 24.0 Å². The van der Waals surface area contributed by atoms with Gasteiger partial charge in [-0.3, -0.25) is 0 Å². The highest BCUT2D eigenvalue weighted by Crippen LogP contribution is 2.22. The Morgan fingerprint density at radius 3 is 2.83 bits per heavy atom. The molecule has 4 nitrogen and oxygen atoms in total. The highest BCUT2D eigenvalue weighted by Gasteiger charge is 2.09. The van der Waals surface area contributed by atoms with Gasteiger partial charge in [0.25, 0.3) is 0 Å². The Hall–Kier alpha value is -1.88. The quantitative estimate of drug-likeness (QED) is 0.904. The molecule has 0 aliphatic heterocycles. The van der Waals surface area contributed by atoms with Gasteiger partial charge in [0, 0.05) is 31.1 Å². The van der Waals surface area contributed by atoms with Crippen molar-refractivity contribution in [3.8, 4) is 5.75 Å².